The van der Waals surface area contributed by atoms with Crippen LogP contribution in [0.5, 0.6) is 0 Å². The molecule has 30 heavy (non-hydrogen) atoms. The Morgan fingerprint density at radius 1 is 0.833 bits per heavy atom. The largest absolute Gasteiger partial charge is 0.481 e. The summed E-state index contributed by atoms with van der Waals surface area (Å²) in [5.74, 6) is -6.72. The maximum Gasteiger partial charge on any atom is 0.326 e. The van der Waals surface area contributed by atoms with Gasteiger partial charge in [-0.2, -0.15) is 0 Å². The number of primary amides is 1. The monoisotopic (exact) mass is 431 g/mol. The fourth-order valence-corrected chi connectivity index (χ4v) is 2.28. The van der Waals surface area contributed by atoms with Crippen molar-refractivity contribution in [3.05, 3.63) is 0 Å². The Balaban J connectivity index is 5.49. The fraction of sp³-hybridized carbons (Fsp3) is 0.647. The lowest BCUT2D eigenvalue weighted by Crippen LogP contribution is -2.58. The lowest BCUT2D eigenvalue weighted by atomic mass is 10.0. The highest BCUT2D eigenvalue weighted by atomic mass is 16.4. The Kier molecular flexibility index (Phi) is 11.0. The van der Waals surface area contributed by atoms with Gasteiger partial charge < -0.3 is 37.6 Å². The standard InChI is InChI=1S/C17H29N5O8/c1-7(2)13(17(29)30)22-16(28)10(6-12(24)25)21-15(27)9(4-5-11(19)23)20-14(26)8(3)18/h7-10,13H,4-6,18H2,1-3H3,(H2,19,23)(H,20,26)(H,21,27)(H,22,28)(H,24,25)(H,29,30). The molecule has 0 heterocycles. The molecule has 0 spiro atoms. The molecule has 0 saturated carbocycles. The maximum atomic E-state index is 12.6. The van der Waals surface area contributed by atoms with Gasteiger partial charge in [-0.05, 0) is 19.3 Å². The fourth-order valence-electron chi connectivity index (χ4n) is 2.28. The molecule has 0 rings (SSSR count). The van der Waals surface area contributed by atoms with Gasteiger partial charge in [0.2, 0.25) is 23.6 Å². The van der Waals surface area contributed by atoms with Gasteiger partial charge in [-0.3, -0.25) is 24.0 Å². The molecule has 0 aromatic rings. The highest BCUT2D eigenvalue weighted by molar-refractivity contribution is 5.95. The van der Waals surface area contributed by atoms with E-state index in [0.717, 1.165) is 0 Å². The second-order valence-corrected chi connectivity index (χ2v) is 7.08. The van der Waals surface area contributed by atoms with Crippen LogP contribution in [0.2, 0.25) is 0 Å². The minimum absolute atomic E-state index is 0.217. The van der Waals surface area contributed by atoms with Crippen LogP contribution in [0.25, 0.3) is 0 Å². The van der Waals surface area contributed by atoms with Gasteiger partial charge in [-0.1, -0.05) is 13.8 Å². The molecule has 0 aliphatic heterocycles. The lowest BCUT2D eigenvalue weighted by molar-refractivity contribution is -0.144. The van der Waals surface area contributed by atoms with Gasteiger partial charge in [0.1, 0.15) is 18.1 Å². The second-order valence-electron chi connectivity index (χ2n) is 7.08. The zero-order valence-electron chi connectivity index (χ0n) is 17.0. The molecular formula is C17H29N5O8. The minimum atomic E-state index is -1.63. The molecule has 13 nitrogen and oxygen atoms in total. The predicted octanol–water partition coefficient (Wildman–Crippen LogP) is -2.73. The van der Waals surface area contributed by atoms with Crippen LogP contribution in [0.3, 0.4) is 0 Å². The first kappa shape index (κ1) is 26.8. The van der Waals surface area contributed by atoms with Crippen LogP contribution in [0.15, 0.2) is 0 Å². The van der Waals surface area contributed by atoms with E-state index in [1.54, 1.807) is 0 Å². The minimum Gasteiger partial charge on any atom is -0.481 e. The number of carbonyl (C=O) groups is 6. The van der Waals surface area contributed by atoms with E-state index >= 15 is 0 Å². The predicted molar refractivity (Wildman–Crippen MR) is 103 cm³/mol. The zero-order valence-corrected chi connectivity index (χ0v) is 17.0. The van der Waals surface area contributed by atoms with Crippen LogP contribution >= 0.6 is 0 Å². The molecule has 0 aliphatic carbocycles. The van der Waals surface area contributed by atoms with Crippen molar-refractivity contribution < 1.29 is 39.0 Å². The third-order valence-electron chi connectivity index (χ3n) is 3.97. The van der Waals surface area contributed by atoms with E-state index in [9.17, 15) is 33.9 Å². The van der Waals surface area contributed by atoms with Crippen molar-refractivity contribution in [2.24, 2.45) is 17.4 Å². The summed E-state index contributed by atoms with van der Waals surface area (Å²) in [4.78, 5) is 70.2. The number of amides is 4. The van der Waals surface area contributed by atoms with Crippen molar-refractivity contribution in [2.75, 3.05) is 0 Å². The Morgan fingerprint density at radius 3 is 1.73 bits per heavy atom. The van der Waals surface area contributed by atoms with E-state index in [0.29, 0.717) is 0 Å². The molecule has 13 heteroatoms. The molecular weight excluding hydrogens is 402 g/mol. The number of nitrogens with two attached hydrogens (primary N) is 2. The number of hydrogen-bond donors (Lipinski definition) is 7. The summed E-state index contributed by atoms with van der Waals surface area (Å²) in [5, 5.41) is 24.8. The molecule has 0 fully saturated rings. The van der Waals surface area contributed by atoms with Gasteiger partial charge >= 0.3 is 11.9 Å². The molecule has 4 unspecified atom stereocenters. The van der Waals surface area contributed by atoms with Crippen LogP contribution in [0.4, 0.5) is 0 Å². The molecule has 4 atom stereocenters. The number of aliphatic carboxylic acids is 2. The number of rotatable bonds is 13. The molecule has 0 aromatic heterocycles. The van der Waals surface area contributed by atoms with Gasteiger partial charge in [-0.25, -0.2) is 4.79 Å². The Labute approximate surface area is 172 Å². The molecule has 0 aliphatic rings. The highest BCUT2D eigenvalue weighted by Crippen LogP contribution is 2.05. The summed E-state index contributed by atoms with van der Waals surface area (Å²) in [5.41, 5.74) is 10.5. The summed E-state index contributed by atoms with van der Waals surface area (Å²) in [6.07, 6.45) is -1.34. The van der Waals surface area contributed by atoms with Gasteiger partial charge in [0.25, 0.3) is 0 Å². The van der Waals surface area contributed by atoms with Crippen LogP contribution < -0.4 is 27.4 Å². The van der Waals surface area contributed by atoms with Crippen molar-refractivity contribution in [2.45, 2.75) is 64.2 Å². The normalized spacial score (nSPS) is 14.7. The molecule has 4 amide bonds. The third kappa shape index (κ3) is 9.82. The van der Waals surface area contributed by atoms with Crippen LogP contribution in [-0.2, 0) is 28.8 Å². The van der Waals surface area contributed by atoms with Crippen molar-refractivity contribution in [1.29, 1.82) is 0 Å². The number of carbonyl (C=O) groups excluding carboxylic acids is 4. The molecule has 0 bridgehead atoms. The number of hydrogen-bond acceptors (Lipinski definition) is 7. The summed E-state index contributed by atoms with van der Waals surface area (Å²) in [6, 6.07) is -5.23. The van der Waals surface area contributed by atoms with E-state index in [-0.39, 0.29) is 12.8 Å². The van der Waals surface area contributed by atoms with Gasteiger partial charge in [0.15, 0.2) is 0 Å². The number of carboxylic acid groups (broad SMARTS) is 2. The average Bonchev–Trinajstić information content (AvgIpc) is 2.60. The first-order valence-electron chi connectivity index (χ1n) is 9.15. The average molecular weight is 431 g/mol. The molecule has 170 valence electrons. The van der Waals surface area contributed by atoms with Crippen molar-refractivity contribution in [1.82, 2.24) is 16.0 Å². The van der Waals surface area contributed by atoms with Crippen molar-refractivity contribution >= 4 is 35.6 Å². The molecule has 9 N–H and O–H groups in total. The summed E-state index contributed by atoms with van der Waals surface area (Å²) >= 11 is 0. The SMILES string of the molecule is CC(N)C(=O)NC(CCC(N)=O)C(=O)NC(CC(=O)O)C(=O)NC(C(=O)O)C(C)C. The summed E-state index contributed by atoms with van der Waals surface area (Å²) < 4.78 is 0. The van der Waals surface area contributed by atoms with E-state index in [2.05, 4.69) is 16.0 Å². The van der Waals surface area contributed by atoms with Gasteiger partial charge in [-0.15, -0.1) is 0 Å². The molecule has 0 saturated heterocycles. The van der Waals surface area contributed by atoms with Crippen molar-refractivity contribution in [3.63, 3.8) is 0 Å². The quantitative estimate of drug-likeness (QED) is 0.160. The molecule has 0 radical (unpaired) electrons. The first-order valence-corrected chi connectivity index (χ1v) is 9.15. The maximum absolute atomic E-state index is 12.6. The number of carboxylic acids is 2. The van der Waals surface area contributed by atoms with Gasteiger partial charge in [0.05, 0.1) is 12.5 Å². The van der Waals surface area contributed by atoms with Crippen LogP contribution in [-0.4, -0.2) is 69.9 Å². The highest BCUT2D eigenvalue weighted by Gasteiger charge is 2.32. The van der Waals surface area contributed by atoms with Gasteiger partial charge in [0, 0.05) is 6.42 Å². The second kappa shape index (κ2) is 12.4. The van der Waals surface area contributed by atoms with Crippen molar-refractivity contribution in [3.8, 4) is 0 Å². The third-order valence-corrected chi connectivity index (χ3v) is 3.97. The summed E-state index contributed by atoms with van der Waals surface area (Å²) in [6.45, 7) is 4.43. The van der Waals surface area contributed by atoms with E-state index < -0.39 is 72.1 Å². The topological polar surface area (TPSA) is 231 Å². The number of nitrogens with one attached hydrogen (secondary N) is 3. The molecule has 0 aromatic carbocycles. The van der Waals surface area contributed by atoms with E-state index in [4.69, 9.17) is 16.6 Å². The Hall–Kier alpha value is -3.22. The Morgan fingerprint density at radius 2 is 1.33 bits per heavy atom. The Bertz CT molecular complexity index is 679. The van der Waals surface area contributed by atoms with Crippen LogP contribution in [0.1, 0.15) is 40.0 Å². The smallest absolute Gasteiger partial charge is 0.326 e. The first-order chi connectivity index (χ1) is 13.8. The summed E-state index contributed by atoms with van der Waals surface area (Å²) in [7, 11) is 0. The lowest BCUT2D eigenvalue weighted by Gasteiger charge is -2.25. The van der Waals surface area contributed by atoms with Crippen LogP contribution in [0, 0.1) is 5.92 Å². The van der Waals surface area contributed by atoms with E-state index in [1.807, 2.05) is 0 Å². The van der Waals surface area contributed by atoms with E-state index in [1.165, 1.54) is 20.8 Å². The zero-order chi connectivity index (χ0) is 23.6.